The third-order valence-corrected chi connectivity index (χ3v) is 5.59. The van der Waals surface area contributed by atoms with Gasteiger partial charge in [-0.1, -0.05) is 32.4 Å². The quantitative estimate of drug-likeness (QED) is 0.506. The Kier molecular flexibility index (Phi) is 2.52. The summed E-state index contributed by atoms with van der Waals surface area (Å²) in [7, 11) is 0. The molecule has 0 N–H and O–H groups in total. The lowest BCUT2D eigenvalue weighted by molar-refractivity contribution is -0.00889. The molecule has 0 spiro atoms. The van der Waals surface area contributed by atoms with Crippen LogP contribution in [0.15, 0.2) is 11.6 Å². The fraction of sp³-hybridized carbons (Fsp3) is 0.800. The molecule has 0 aliphatic heterocycles. The highest BCUT2D eigenvalue weighted by atomic mass is 14.5. The maximum absolute atomic E-state index is 4.55. The first-order valence-electron chi connectivity index (χ1n) is 6.41. The number of hydrogen-bond acceptors (Lipinski definition) is 0. The summed E-state index contributed by atoms with van der Waals surface area (Å²) in [6.45, 7) is 14.1. The Morgan fingerprint density at radius 1 is 1.33 bits per heavy atom. The number of fused-ring (bicyclic) bond motifs is 1. The van der Waals surface area contributed by atoms with Gasteiger partial charge in [-0.3, -0.25) is 0 Å². The molecule has 1 saturated carbocycles. The van der Waals surface area contributed by atoms with E-state index in [1.165, 1.54) is 25.7 Å². The van der Waals surface area contributed by atoms with Crippen molar-refractivity contribution in [3.63, 3.8) is 0 Å². The topological polar surface area (TPSA) is 0 Å². The monoisotopic (exact) mass is 205 g/mol. The largest absolute Gasteiger partial charge is 0.0850 e. The Morgan fingerprint density at radius 3 is 2.67 bits per heavy atom. The summed E-state index contributed by atoms with van der Waals surface area (Å²) in [6, 6.07) is 0. The molecule has 1 radical (unpaired) electrons. The van der Waals surface area contributed by atoms with Crippen LogP contribution in [-0.2, 0) is 0 Å². The van der Waals surface area contributed by atoms with Gasteiger partial charge in [0, 0.05) is 0 Å². The van der Waals surface area contributed by atoms with Gasteiger partial charge in [-0.25, -0.2) is 0 Å². The molecule has 85 valence electrons. The summed E-state index contributed by atoms with van der Waals surface area (Å²) in [6.07, 6.45) is 7.79. The van der Waals surface area contributed by atoms with Crippen LogP contribution in [0.2, 0.25) is 0 Å². The number of allylic oxidation sites excluding steroid dienone is 2. The average molecular weight is 205 g/mol. The Balaban J connectivity index is 2.39. The molecule has 0 bridgehead atoms. The minimum absolute atomic E-state index is 0.280. The Labute approximate surface area is 95.1 Å². The number of hydrogen-bond donors (Lipinski definition) is 0. The second-order valence-corrected chi connectivity index (χ2v) is 6.38. The van der Waals surface area contributed by atoms with Crippen molar-refractivity contribution >= 4 is 0 Å². The molecule has 0 saturated heterocycles. The highest BCUT2D eigenvalue weighted by Gasteiger charge is 2.50. The van der Waals surface area contributed by atoms with E-state index in [9.17, 15) is 0 Å². The minimum Gasteiger partial charge on any atom is -0.0850 e. The third kappa shape index (κ3) is 1.48. The van der Waals surface area contributed by atoms with E-state index >= 15 is 0 Å². The van der Waals surface area contributed by atoms with Crippen LogP contribution in [0.4, 0.5) is 0 Å². The van der Waals surface area contributed by atoms with Crippen LogP contribution in [0.5, 0.6) is 0 Å². The second-order valence-electron chi connectivity index (χ2n) is 6.38. The van der Waals surface area contributed by atoms with Crippen LogP contribution in [0.25, 0.3) is 0 Å². The molecule has 0 aromatic rings. The van der Waals surface area contributed by atoms with Gasteiger partial charge in [0.1, 0.15) is 0 Å². The maximum Gasteiger partial charge on any atom is -0.00854 e. The Morgan fingerprint density at radius 2 is 2.00 bits per heavy atom. The summed E-state index contributed by atoms with van der Waals surface area (Å²) >= 11 is 0. The fourth-order valence-corrected chi connectivity index (χ4v) is 3.91. The predicted octanol–water partition coefficient (Wildman–Crippen LogP) is 4.62. The van der Waals surface area contributed by atoms with Crippen LogP contribution in [0.3, 0.4) is 0 Å². The lowest BCUT2D eigenvalue weighted by Crippen LogP contribution is -2.48. The smallest absolute Gasteiger partial charge is 0.00854 e. The zero-order valence-corrected chi connectivity index (χ0v) is 10.8. The Hall–Kier alpha value is -0.260. The van der Waals surface area contributed by atoms with Crippen molar-refractivity contribution in [3.8, 4) is 0 Å². The second kappa shape index (κ2) is 3.37. The molecular formula is C15H25. The summed E-state index contributed by atoms with van der Waals surface area (Å²) in [5.74, 6) is 1.57. The van der Waals surface area contributed by atoms with Gasteiger partial charge in [0.25, 0.3) is 0 Å². The van der Waals surface area contributed by atoms with Crippen molar-refractivity contribution in [1.29, 1.82) is 0 Å². The molecule has 15 heavy (non-hydrogen) atoms. The molecule has 0 aromatic heterocycles. The van der Waals surface area contributed by atoms with E-state index in [4.69, 9.17) is 0 Å². The van der Waals surface area contributed by atoms with E-state index in [0.717, 1.165) is 11.8 Å². The van der Waals surface area contributed by atoms with Crippen LogP contribution in [0.1, 0.15) is 53.4 Å². The van der Waals surface area contributed by atoms with Crippen LogP contribution < -0.4 is 0 Å². The third-order valence-electron chi connectivity index (χ3n) is 5.59. The zero-order chi connectivity index (χ0) is 11.3. The molecule has 0 heterocycles. The fourth-order valence-electron chi connectivity index (χ4n) is 3.91. The Bertz CT molecular complexity index is 284. The summed E-state index contributed by atoms with van der Waals surface area (Å²) in [5.41, 5.74) is 2.35. The summed E-state index contributed by atoms with van der Waals surface area (Å²) < 4.78 is 0. The standard InChI is InChI=1S/C15H25/c1-11-9-10-15(5)12(2)7-6-8-13(15)14(11,3)4/h7,11,13H,3,6,8-10H2,1-2,4-5H3. The van der Waals surface area contributed by atoms with Gasteiger partial charge < -0.3 is 0 Å². The zero-order valence-electron chi connectivity index (χ0n) is 10.8. The normalized spacial score (nSPS) is 44.5. The summed E-state index contributed by atoms with van der Waals surface area (Å²) in [5, 5.41) is 0. The molecule has 0 amide bonds. The predicted molar refractivity (Wildman–Crippen MR) is 66.5 cm³/mol. The molecule has 2 rings (SSSR count). The van der Waals surface area contributed by atoms with Crippen LogP contribution in [-0.4, -0.2) is 0 Å². The minimum atomic E-state index is 0.280. The molecule has 0 nitrogen and oxygen atoms in total. The van der Waals surface area contributed by atoms with Gasteiger partial charge >= 0.3 is 0 Å². The summed E-state index contributed by atoms with van der Waals surface area (Å²) in [4.78, 5) is 0. The van der Waals surface area contributed by atoms with E-state index in [-0.39, 0.29) is 5.41 Å². The van der Waals surface area contributed by atoms with Gasteiger partial charge in [-0.15, -0.1) is 0 Å². The van der Waals surface area contributed by atoms with E-state index in [1.54, 1.807) is 5.57 Å². The molecule has 0 heteroatoms. The molecule has 1 fully saturated rings. The van der Waals surface area contributed by atoms with Gasteiger partial charge in [0.2, 0.25) is 0 Å². The van der Waals surface area contributed by atoms with Gasteiger partial charge in [-0.05, 0) is 62.2 Å². The average Bonchev–Trinajstić information content (AvgIpc) is 2.16. The van der Waals surface area contributed by atoms with Crippen LogP contribution >= 0.6 is 0 Å². The number of rotatable bonds is 0. The highest BCUT2D eigenvalue weighted by molar-refractivity contribution is 5.21. The highest BCUT2D eigenvalue weighted by Crippen LogP contribution is 2.59. The van der Waals surface area contributed by atoms with E-state index in [0.29, 0.717) is 5.41 Å². The van der Waals surface area contributed by atoms with Crippen molar-refractivity contribution in [3.05, 3.63) is 18.6 Å². The molecule has 2 aliphatic rings. The molecule has 2 aliphatic carbocycles. The lowest BCUT2D eigenvalue weighted by atomic mass is 9.48. The molecule has 4 atom stereocenters. The van der Waals surface area contributed by atoms with E-state index in [2.05, 4.69) is 40.7 Å². The van der Waals surface area contributed by atoms with Gasteiger partial charge in [-0.2, -0.15) is 0 Å². The maximum atomic E-state index is 4.55. The lowest BCUT2D eigenvalue weighted by Gasteiger charge is -2.56. The molecule has 0 aromatic carbocycles. The van der Waals surface area contributed by atoms with Gasteiger partial charge in [0.05, 0.1) is 0 Å². The van der Waals surface area contributed by atoms with Gasteiger partial charge in [0.15, 0.2) is 0 Å². The van der Waals surface area contributed by atoms with E-state index < -0.39 is 0 Å². The van der Waals surface area contributed by atoms with E-state index in [1.807, 2.05) is 0 Å². The first kappa shape index (κ1) is 11.2. The SMILES string of the molecule is [CH2]C1(C)C(C)CCC2(C)C(C)=CCCC21. The van der Waals surface area contributed by atoms with Crippen molar-refractivity contribution in [2.45, 2.75) is 53.4 Å². The van der Waals surface area contributed by atoms with Crippen molar-refractivity contribution in [1.82, 2.24) is 0 Å². The van der Waals surface area contributed by atoms with Crippen molar-refractivity contribution < 1.29 is 0 Å². The molecule has 4 unspecified atom stereocenters. The molecular weight excluding hydrogens is 180 g/mol. The first-order chi connectivity index (χ1) is 6.89. The van der Waals surface area contributed by atoms with Crippen LogP contribution in [0, 0.1) is 29.6 Å². The first-order valence-corrected chi connectivity index (χ1v) is 6.41. The van der Waals surface area contributed by atoms with Crippen molar-refractivity contribution in [2.24, 2.45) is 22.7 Å². The van der Waals surface area contributed by atoms with Crippen molar-refractivity contribution in [2.75, 3.05) is 0 Å².